The highest BCUT2D eigenvalue weighted by Crippen LogP contribution is 2.23. The molecule has 4 heteroatoms. The summed E-state index contributed by atoms with van der Waals surface area (Å²) in [4.78, 5) is 13.8. The van der Waals surface area contributed by atoms with Crippen LogP contribution < -0.4 is 0 Å². The molecule has 0 heterocycles. The lowest BCUT2D eigenvalue weighted by Crippen LogP contribution is -2.29. The van der Waals surface area contributed by atoms with Crippen LogP contribution in [-0.4, -0.2) is 11.8 Å². The molecule has 2 unspecified atom stereocenters. The van der Waals surface area contributed by atoms with Gasteiger partial charge in [-0.25, -0.2) is 0 Å². The van der Waals surface area contributed by atoms with Gasteiger partial charge in [-0.1, -0.05) is 12.0 Å². The van der Waals surface area contributed by atoms with Crippen LogP contribution in [0, 0.1) is 5.92 Å². The summed E-state index contributed by atoms with van der Waals surface area (Å²) in [7, 11) is 0. The van der Waals surface area contributed by atoms with Crippen LogP contribution in [0.15, 0.2) is 5.11 Å². The minimum Gasteiger partial charge on any atom is -0.299 e. The van der Waals surface area contributed by atoms with E-state index in [1.807, 2.05) is 6.92 Å². The third-order valence-corrected chi connectivity index (χ3v) is 2.13. The molecule has 0 aliphatic heterocycles. The van der Waals surface area contributed by atoms with Crippen LogP contribution >= 0.6 is 0 Å². The van der Waals surface area contributed by atoms with E-state index in [0.29, 0.717) is 6.42 Å². The van der Waals surface area contributed by atoms with Gasteiger partial charge in [-0.05, 0) is 24.3 Å². The highest BCUT2D eigenvalue weighted by Gasteiger charge is 2.27. The van der Waals surface area contributed by atoms with Gasteiger partial charge in [-0.15, -0.1) is 0 Å². The van der Waals surface area contributed by atoms with E-state index in [1.165, 1.54) is 0 Å². The van der Waals surface area contributed by atoms with E-state index in [9.17, 15) is 4.79 Å². The second kappa shape index (κ2) is 3.39. The third kappa shape index (κ3) is 1.71. The van der Waals surface area contributed by atoms with Gasteiger partial charge in [-0.3, -0.25) is 4.79 Å². The van der Waals surface area contributed by atoms with Crippen LogP contribution in [0.4, 0.5) is 0 Å². The maximum Gasteiger partial charge on any atom is 0.142 e. The molecule has 2 atom stereocenters. The van der Waals surface area contributed by atoms with Crippen molar-refractivity contribution in [3.8, 4) is 0 Å². The zero-order valence-electron chi connectivity index (χ0n) is 6.53. The molecule has 0 N–H and O–H groups in total. The largest absolute Gasteiger partial charge is 0.299 e. The molecule has 1 rings (SSSR count). The number of carbonyl (C=O) groups is 1. The first kappa shape index (κ1) is 8.08. The molecule has 0 bridgehead atoms. The average molecular weight is 153 g/mol. The highest BCUT2D eigenvalue weighted by atomic mass is 16.1. The number of hydrogen-bond acceptors (Lipinski definition) is 2. The van der Waals surface area contributed by atoms with Crippen molar-refractivity contribution in [3.63, 3.8) is 0 Å². The van der Waals surface area contributed by atoms with Crippen LogP contribution in [0.25, 0.3) is 10.4 Å². The van der Waals surface area contributed by atoms with Crippen molar-refractivity contribution in [1.82, 2.24) is 0 Å². The smallest absolute Gasteiger partial charge is 0.142 e. The molecule has 4 nitrogen and oxygen atoms in total. The molecule has 1 saturated carbocycles. The minimum absolute atomic E-state index is 0.0987. The summed E-state index contributed by atoms with van der Waals surface area (Å²) in [6.07, 6.45) is 2.51. The zero-order valence-corrected chi connectivity index (χ0v) is 6.53. The van der Waals surface area contributed by atoms with Gasteiger partial charge >= 0.3 is 0 Å². The van der Waals surface area contributed by atoms with Crippen LogP contribution in [0.5, 0.6) is 0 Å². The number of carbonyl (C=O) groups excluding carboxylic acids is 1. The Balaban J connectivity index is 2.70. The second-order valence-electron chi connectivity index (χ2n) is 2.99. The predicted molar refractivity (Wildman–Crippen MR) is 41.0 cm³/mol. The normalized spacial score (nSPS) is 31.2. The number of nitrogens with zero attached hydrogens (tertiary/aromatic N) is 3. The number of ketones is 1. The van der Waals surface area contributed by atoms with Gasteiger partial charge in [0, 0.05) is 11.3 Å². The van der Waals surface area contributed by atoms with Gasteiger partial charge < -0.3 is 0 Å². The Kier molecular flexibility index (Phi) is 2.49. The Hall–Kier alpha value is -1.02. The first-order chi connectivity index (χ1) is 5.25. The molecular formula is C7H11N3O. The van der Waals surface area contributed by atoms with Crippen LogP contribution in [-0.2, 0) is 4.79 Å². The van der Waals surface area contributed by atoms with Gasteiger partial charge in [0.15, 0.2) is 0 Å². The summed E-state index contributed by atoms with van der Waals surface area (Å²) < 4.78 is 0. The van der Waals surface area contributed by atoms with Gasteiger partial charge in [0.25, 0.3) is 0 Å². The highest BCUT2D eigenvalue weighted by molar-refractivity contribution is 5.85. The van der Waals surface area contributed by atoms with Gasteiger partial charge in [-0.2, -0.15) is 0 Å². The van der Waals surface area contributed by atoms with E-state index in [2.05, 4.69) is 10.0 Å². The quantitative estimate of drug-likeness (QED) is 0.323. The average Bonchev–Trinajstić information content (AvgIpc) is 1.97. The van der Waals surface area contributed by atoms with Crippen molar-refractivity contribution in [1.29, 1.82) is 0 Å². The van der Waals surface area contributed by atoms with E-state index in [1.54, 1.807) is 0 Å². The molecular weight excluding hydrogens is 142 g/mol. The SMILES string of the molecule is CC1CCCC(=O)C1N=[N+]=[N-]. The minimum atomic E-state index is -0.395. The lowest BCUT2D eigenvalue weighted by Gasteiger charge is -2.22. The van der Waals surface area contributed by atoms with E-state index >= 15 is 0 Å². The van der Waals surface area contributed by atoms with Crippen molar-refractivity contribution >= 4 is 5.78 Å². The fourth-order valence-corrected chi connectivity index (χ4v) is 1.46. The maximum absolute atomic E-state index is 11.1. The van der Waals surface area contributed by atoms with E-state index < -0.39 is 6.04 Å². The first-order valence-corrected chi connectivity index (χ1v) is 3.82. The second-order valence-corrected chi connectivity index (χ2v) is 2.99. The van der Waals surface area contributed by atoms with Crippen molar-refractivity contribution in [3.05, 3.63) is 10.4 Å². The van der Waals surface area contributed by atoms with Crippen molar-refractivity contribution in [2.24, 2.45) is 11.0 Å². The molecule has 0 aromatic heterocycles. The molecule has 1 aliphatic rings. The summed E-state index contributed by atoms with van der Waals surface area (Å²) in [5.41, 5.74) is 8.16. The molecule has 0 aromatic carbocycles. The van der Waals surface area contributed by atoms with Gasteiger partial charge in [0.05, 0.1) is 6.04 Å². The van der Waals surface area contributed by atoms with Crippen molar-refractivity contribution in [2.75, 3.05) is 0 Å². The topological polar surface area (TPSA) is 65.8 Å². The monoisotopic (exact) mass is 153 g/mol. The van der Waals surface area contributed by atoms with Crippen LogP contribution in [0.3, 0.4) is 0 Å². The Morgan fingerprint density at radius 3 is 3.00 bits per heavy atom. The Morgan fingerprint density at radius 2 is 2.45 bits per heavy atom. The number of rotatable bonds is 1. The molecule has 1 aliphatic carbocycles. The molecule has 0 amide bonds. The van der Waals surface area contributed by atoms with Gasteiger partial charge in [0.2, 0.25) is 0 Å². The maximum atomic E-state index is 11.1. The van der Waals surface area contributed by atoms with Gasteiger partial charge in [0.1, 0.15) is 5.78 Å². The molecule has 1 fully saturated rings. The van der Waals surface area contributed by atoms with Crippen LogP contribution in [0.2, 0.25) is 0 Å². The lowest BCUT2D eigenvalue weighted by atomic mass is 9.85. The summed E-state index contributed by atoms with van der Waals surface area (Å²) in [5.74, 6) is 0.328. The Bertz CT molecular complexity index is 208. The molecule has 0 spiro atoms. The van der Waals surface area contributed by atoms with E-state index in [0.717, 1.165) is 12.8 Å². The molecule has 0 aromatic rings. The molecule has 60 valence electrons. The summed E-state index contributed by atoms with van der Waals surface area (Å²) in [5, 5.41) is 3.48. The molecule has 0 radical (unpaired) electrons. The fourth-order valence-electron chi connectivity index (χ4n) is 1.46. The van der Waals surface area contributed by atoms with E-state index in [-0.39, 0.29) is 11.7 Å². The summed E-state index contributed by atoms with van der Waals surface area (Å²) in [6.45, 7) is 1.95. The number of Topliss-reactive ketones (excluding diaryl/α,β-unsaturated/α-hetero) is 1. The number of azide groups is 1. The summed E-state index contributed by atoms with van der Waals surface area (Å²) in [6, 6.07) is -0.395. The van der Waals surface area contributed by atoms with Crippen LogP contribution in [0.1, 0.15) is 26.2 Å². The Morgan fingerprint density at radius 1 is 1.73 bits per heavy atom. The van der Waals surface area contributed by atoms with E-state index in [4.69, 9.17) is 5.53 Å². The lowest BCUT2D eigenvalue weighted by molar-refractivity contribution is -0.122. The van der Waals surface area contributed by atoms with Crippen molar-refractivity contribution < 1.29 is 4.79 Å². The van der Waals surface area contributed by atoms with Crippen molar-refractivity contribution in [2.45, 2.75) is 32.2 Å². The summed E-state index contributed by atoms with van der Waals surface area (Å²) >= 11 is 0. The standard InChI is InChI=1S/C7H11N3O/c1-5-3-2-4-6(11)7(5)9-10-8/h5,7H,2-4H2,1H3. The zero-order chi connectivity index (χ0) is 8.27. The first-order valence-electron chi connectivity index (χ1n) is 3.82. The molecule has 11 heavy (non-hydrogen) atoms. The Labute approximate surface area is 65.2 Å². The number of hydrogen-bond donors (Lipinski definition) is 0. The molecule has 0 saturated heterocycles. The fraction of sp³-hybridized carbons (Fsp3) is 0.857. The predicted octanol–water partition coefficient (Wildman–Crippen LogP) is 2.05. The third-order valence-electron chi connectivity index (χ3n) is 2.13.